The molecule has 0 bridgehead atoms. The van der Waals surface area contributed by atoms with Gasteiger partial charge in [0.1, 0.15) is 0 Å². The summed E-state index contributed by atoms with van der Waals surface area (Å²) in [6.45, 7) is 5.61. The minimum Gasteiger partial charge on any atom is -0.370 e. The fraction of sp³-hybridized carbons (Fsp3) is 1.00. The van der Waals surface area contributed by atoms with E-state index in [4.69, 9.17) is 4.74 Å². The highest BCUT2D eigenvalue weighted by Crippen LogP contribution is 2.38. The van der Waals surface area contributed by atoms with Gasteiger partial charge in [0.05, 0.1) is 12.2 Å². The van der Waals surface area contributed by atoms with Crippen LogP contribution in [0.3, 0.4) is 0 Å². The van der Waals surface area contributed by atoms with Gasteiger partial charge in [-0.25, -0.2) is 0 Å². The fourth-order valence-corrected chi connectivity index (χ4v) is 2.62. The minimum absolute atomic E-state index is 0.346. The molecule has 1 heterocycles. The number of ether oxygens (including phenoxy) is 1. The van der Waals surface area contributed by atoms with E-state index in [2.05, 4.69) is 13.8 Å². The molecule has 1 saturated heterocycles. The van der Waals surface area contributed by atoms with Gasteiger partial charge in [-0.15, -0.1) is 0 Å². The van der Waals surface area contributed by atoms with E-state index in [1.165, 1.54) is 77.0 Å². The van der Waals surface area contributed by atoms with Crippen molar-refractivity contribution in [1.82, 2.24) is 0 Å². The SMILES string of the molecule is CCCCCCCCC1(CCCCCC)CO1. The second-order valence-corrected chi connectivity index (χ2v) is 5.80. The van der Waals surface area contributed by atoms with Crippen molar-refractivity contribution in [2.24, 2.45) is 0 Å². The number of rotatable bonds is 12. The summed E-state index contributed by atoms with van der Waals surface area (Å²) in [5.41, 5.74) is 0.346. The van der Waals surface area contributed by atoms with Crippen LogP contribution in [0.4, 0.5) is 0 Å². The quantitative estimate of drug-likeness (QED) is 0.325. The van der Waals surface area contributed by atoms with Crippen LogP contribution < -0.4 is 0 Å². The van der Waals surface area contributed by atoms with Crippen LogP contribution in [0.15, 0.2) is 0 Å². The average molecular weight is 240 g/mol. The Morgan fingerprint density at radius 2 is 1.12 bits per heavy atom. The van der Waals surface area contributed by atoms with Crippen molar-refractivity contribution in [2.75, 3.05) is 6.61 Å². The summed E-state index contributed by atoms with van der Waals surface area (Å²) in [6, 6.07) is 0. The largest absolute Gasteiger partial charge is 0.370 e. The maximum Gasteiger partial charge on any atom is 0.0916 e. The first-order chi connectivity index (χ1) is 8.33. The molecular formula is C16H32O. The molecule has 0 amide bonds. The molecule has 1 unspecified atom stereocenters. The summed E-state index contributed by atoms with van der Waals surface area (Å²) in [4.78, 5) is 0. The molecule has 1 rings (SSSR count). The van der Waals surface area contributed by atoms with Crippen LogP contribution in [-0.4, -0.2) is 12.2 Å². The zero-order chi connectivity index (χ0) is 12.4. The van der Waals surface area contributed by atoms with Gasteiger partial charge in [0, 0.05) is 0 Å². The van der Waals surface area contributed by atoms with Crippen LogP contribution in [0.5, 0.6) is 0 Å². The monoisotopic (exact) mass is 240 g/mol. The third kappa shape index (κ3) is 7.08. The molecule has 0 radical (unpaired) electrons. The van der Waals surface area contributed by atoms with Crippen molar-refractivity contribution in [1.29, 1.82) is 0 Å². The summed E-state index contributed by atoms with van der Waals surface area (Å²) in [5.74, 6) is 0. The fourth-order valence-electron chi connectivity index (χ4n) is 2.62. The van der Waals surface area contributed by atoms with E-state index in [0.29, 0.717) is 5.60 Å². The number of unbranched alkanes of at least 4 members (excludes halogenated alkanes) is 8. The highest BCUT2D eigenvalue weighted by Gasteiger charge is 2.42. The van der Waals surface area contributed by atoms with Crippen LogP contribution in [0, 0.1) is 0 Å². The highest BCUT2D eigenvalue weighted by molar-refractivity contribution is 4.91. The molecule has 1 aliphatic heterocycles. The van der Waals surface area contributed by atoms with Crippen LogP contribution in [0.2, 0.25) is 0 Å². The standard InChI is InChI=1S/C16H32O/c1-3-5-7-9-10-12-14-16(15-17-16)13-11-8-6-4-2/h3-15H2,1-2H3. The van der Waals surface area contributed by atoms with E-state index in [1.807, 2.05) is 0 Å². The van der Waals surface area contributed by atoms with Gasteiger partial charge in [-0.1, -0.05) is 78.1 Å². The van der Waals surface area contributed by atoms with E-state index in [9.17, 15) is 0 Å². The maximum atomic E-state index is 5.70. The smallest absolute Gasteiger partial charge is 0.0916 e. The molecule has 0 spiro atoms. The average Bonchev–Trinajstić information content (AvgIpc) is 3.10. The highest BCUT2D eigenvalue weighted by atomic mass is 16.6. The first kappa shape index (κ1) is 15.0. The molecule has 0 aromatic heterocycles. The Morgan fingerprint density at radius 1 is 0.706 bits per heavy atom. The first-order valence-electron chi connectivity index (χ1n) is 7.97. The number of hydrogen-bond acceptors (Lipinski definition) is 1. The molecular weight excluding hydrogens is 208 g/mol. The summed E-state index contributed by atoms with van der Waals surface area (Å²) < 4.78 is 5.70. The van der Waals surface area contributed by atoms with E-state index in [-0.39, 0.29) is 0 Å². The van der Waals surface area contributed by atoms with Crippen molar-refractivity contribution >= 4 is 0 Å². The third-order valence-corrected chi connectivity index (χ3v) is 4.02. The van der Waals surface area contributed by atoms with Gasteiger partial charge in [0.15, 0.2) is 0 Å². The number of hydrogen-bond donors (Lipinski definition) is 0. The molecule has 0 aliphatic carbocycles. The van der Waals surface area contributed by atoms with Crippen molar-refractivity contribution < 1.29 is 4.74 Å². The van der Waals surface area contributed by atoms with Crippen LogP contribution in [-0.2, 0) is 4.74 Å². The van der Waals surface area contributed by atoms with Gasteiger partial charge in [-0.05, 0) is 12.8 Å². The van der Waals surface area contributed by atoms with E-state index in [1.54, 1.807) is 0 Å². The van der Waals surface area contributed by atoms with Gasteiger partial charge < -0.3 is 4.74 Å². The first-order valence-corrected chi connectivity index (χ1v) is 7.97. The molecule has 1 heteroatoms. The summed E-state index contributed by atoms with van der Waals surface area (Å²) >= 11 is 0. The van der Waals surface area contributed by atoms with E-state index < -0.39 is 0 Å². The second-order valence-electron chi connectivity index (χ2n) is 5.80. The molecule has 102 valence electrons. The molecule has 0 N–H and O–H groups in total. The summed E-state index contributed by atoms with van der Waals surface area (Å²) in [7, 11) is 0. The summed E-state index contributed by atoms with van der Waals surface area (Å²) in [6.07, 6.45) is 16.6. The van der Waals surface area contributed by atoms with E-state index >= 15 is 0 Å². The van der Waals surface area contributed by atoms with Crippen molar-refractivity contribution in [3.8, 4) is 0 Å². The van der Waals surface area contributed by atoms with Crippen molar-refractivity contribution in [3.63, 3.8) is 0 Å². The second kappa shape index (κ2) is 8.97. The Morgan fingerprint density at radius 3 is 1.59 bits per heavy atom. The van der Waals surface area contributed by atoms with Crippen molar-refractivity contribution in [3.05, 3.63) is 0 Å². The van der Waals surface area contributed by atoms with Crippen molar-refractivity contribution in [2.45, 2.75) is 96.5 Å². The van der Waals surface area contributed by atoms with Crippen LogP contribution in [0.25, 0.3) is 0 Å². The lowest BCUT2D eigenvalue weighted by Gasteiger charge is -2.11. The molecule has 0 aromatic carbocycles. The Balaban J connectivity index is 1.91. The maximum absolute atomic E-state index is 5.70. The molecule has 1 aliphatic rings. The lowest BCUT2D eigenvalue weighted by molar-refractivity contribution is 0.260. The molecule has 1 atom stereocenters. The Hall–Kier alpha value is -0.0400. The van der Waals surface area contributed by atoms with Gasteiger partial charge in [0.25, 0.3) is 0 Å². The minimum atomic E-state index is 0.346. The molecule has 1 fully saturated rings. The normalized spacial score (nSPS) is 22.9. The molecule has 0 saturated carbocycles. The Bertz CT molecular complexity index is 172. The lowest BCUT2D eigenvalue weighted by atomic mass is 9.95. The van der Waals surface area contributed by atoms with Gasteiger partial charge in [-0.3, -0.25) is 0 Å². The van der Waals surface area contributed by atoms with Crippen LogP contribution in [0.1, 0.15) is 90.9 Å². The Kier molecular flexibility index (Phi) is 7.92. The van der Waals surface area contributed by atoms with Gasteiger partial charge in [-0.2, -0.15) is 0 Å². The predicted octanol–water partition coefficient (Wildman–Crippen LogP) is 5.48. The van der Waals surface area contributed by atoms with E-state index in [0.717, 1.165) is 6.61 Å². The van der Waals surface area contributed by atoms with Crippen LogP contribution >= 0.6 is 0 Å². The zero-order valence-electron chi connectivity index (χ0n) is 12.1. The third-order valence-electron chi connectivity index (χ3n) is 4.02. The van der Waals surface area contributed by atoms with Gasteiger partial charge >= 0.3 is 0 Å². The molecule has 0 aromatic rings. The molecule has 17 heavy (non-hydrogen) atoms. The molecule has 1 nitrogen and oxygen atoms in total. The topological polar surface area (TPSA) is 12.5 Å². The zero-order valence-corrected chi connectivity index (χ0v) is 12.1. The van der Waals surface area contributed by atoms with Gasteiger partial charge in [0.2, 0.25) is 0 Å². The number of epoxide rings is 1. The predicted molar refractivity (Wildman–Crippen MR) is 75.4 cm³/mol. The summed E-state index contributed by atoms with van der Waals surface area (Å²) in [5, 5.41) is 0. The Labute approximate surface area is 108 Å². The lowest BCUT2D eigenvalue weighted by Crippen LogP contribution is -2.10.